The van der Waals surface area contributed by atoms with Crippen molar-refractivity contribution >= 4 is 27.8 Å². The van der Waals surface area contributed by atoms with E-state index in [-0.39, 0.29) is 11.7 Å². The van der Waals surface area contributed by atoms with E-state index in [9.17, 15) is 4.79 Å². The van der Waals surface area contributed by atoms with Gasteiger partial charge in [-0.1, -0.05) is 41.9 Å². The number of nitrogens with zero attached hydrogens (tertiary/aromatic N) is 4. The van der Waals surface area contributed by atoms with Crippen LogP contribution in [0.2, 0.25) is 5.02 Å². The zero-order valence-electron chi connectivity index (χ0n) is 19.7. The number of rotatable bonds is 5. The van der Waals surface area contributed by atoms with Gasteiger partial charge >= 0.3 is 5.56 Å². The minimum Gasteiger partial charge on any atom is -0.483 e. The van der Waals surface area contributed by atoms with Crippen LogP contribution in [0, 0.1) is 5.69 Å². The summed E-state index contributed by atoms with van der Waals surface area (Å²) in [5.41, 5.74) is 9.08. The van der Waals surface area contributed by atoms with Crippen molar-refractivity contribution in [2.45, 2.75) is 37.5 Å². The monoisotopic (exact) mass is 510 g/mol. The highest BCUT2D eigenvalue weighted by Crippen LogP contribution is 2.32. The van der Waals surface area contributed by atoms with Gasteiger partial charge in [-0.3, -0.25) is 9.10 Å². The SMILES string of the molecule is C#[SH](Cc1cccc(Cl)c1)N1CCN(c2cnn(-c3ccccc3)c(=O)c2OC2CCCC2)CC1. The summed E-state index contributed by atoms with van der Waals surface area (Å²) in [5, 5.41) is 5.25. The van der Waals surface area contributed by atoms with Crippen molar-refractivity contribution in [3.63, 3.8) is 0 Å². The van der Waals surface area contributed by atoms with Crippen LogP contribution < -0.4 is 15.2 Å². The molecule has 0 N–H and O–H groups in total. The lowest BCUT2D eigenvalue weighted by molar-refractivity contribution is 0.205. The number of ether oxygens (including phenoxy) is 1. The molecular formula is C27H31ClN4O2S. The Labute approximate surface area is 213 Å². The maximum absolute atomic E-state index is 13.5. The molecule has 1 saturated heterocycles. The Morgan fingerprint density at radius 3 is 2.49 bits per heavy atom. The van der Waals surface area contributed by atoms with Gasteiger partial charge in [0.1, 0.15) is 5.69 Å². The standard InChI is InChI=1S/C27H31ClN4O2S/c1-35(20-21-8-7-9-22(28)18-21)31-16-14-30(15-17-31)25-19-29-32(23-10-3-2-4-11-23)27(33)26(25)34-24-12-5-6-13-24/h1-4,7-11,18-19,24,35H,5-6,12-17,20H2. The van der Waals surface area contributed by atoms with Crippen LogP contribution in [0.4, 0.5) is 5.69 Å². The summed E-state index contributed by atoms with van der Waals surface area (Å²) in [5.74, 6) is 1.22. The highest BCUT2D eigenvalue weighted by atomic mass is 35.5. The molecule has 35 heavy (non-hydrogen) atoms. The Hall–Kier alpha value is -2.70. The van der Waals surface area contributed by atoms with Crippen LogP contribution in [0.1, 0.15) is 31.2 Å². The Morgan fingerprint density at radius 1 is 1.03 bits per heavy atom. The summed E-state index contributed by atoms with van der Waals surface area (Å²) in [6.07, 6.45) is 6.13. The van der Waals surface area contributed by atoms with Gasteiger partial charge in [-0.05, 0) is 55.5 Å². The maximum atomic E-state index is 13.5. The summed E-state index contributed by atoms with van der Waals surface area (Å²) in [4.78, 5) is 15.8. The van der Waals surface area contributed by atoms with Gasteiger partial charge in [0.25, 0.3) is 0 Å². The second-order valence-electron chi connectivity index (χ2n) is 9.10. The van der Waals surface area contributed by atoms with Crippen molar-refractivity contribution in [2.24, 2.45) is 0 Å². The van der Waals surface area contributed by atoms with Crippen molar-refractivity contribution in [3.05, 3.63) is 81.7 Å². The predicted molar refractivity (Wildman–Crippen MR) is 146 cm³/mol. The zero-order valence-corrected chi connectivity index (χ0v) is 21.4. The number of anilines is 1. The summed E-state index contributed by atoms with van der Waals surface area (Å²) in [6, 6.07) is 17.4. The minimum absolute atomic E-state index is 0.0870. The van der Waals surface area contributed by atoms with Gasteiger partial charge in [0.2, 0.25) is 5.75 Å². The summed E-state index contributed by atoms with van der Waals surface area (Å²) >= 11 is 6.14. The molecule has 5 rings (SSSR count). The number of para-hydroxylation sites is 1. The molecule has 2 aromatic carbocycles. The first-order chi connectivity index (χ1) is 17.1. The largest absolute Gasteiger partial charge is 0.483 e. The first kappa shape index (κ1) is 24.0. The number of piperazine rings is 1. The van der Waals surface area contributed by atoms with Gasteiger partial charge in [0, 0.05) is 37.0 Å². The van der Waals surface area contributed by atoms with Gasteiger partial charge in [-0.2, -0.15) is 9.78 Å². The molecule has 6 nitrogen and oxygen atoms in total. The molecule has 0 amide bonds. The molecule has 1 unspecified atom stereocenters. The Morgan fingerprint density at radius 2 is 1.77 bits per heavy atom. The average molecular weight is 511 g/mol. The van der Waals surface area contributed by atoms with Gasteiger partial charge in [0.15, 0.2) is 0 Å². The molecule has 0 bridgehead atoms. The third kappa shape index (κ3) is 5.60. The molecule has 0 spiro atoms. The van der Waals surface area contributed by atoms with E-state index in [2.05, 4.69) is 20.4 Å². The molecule has 1 saturated carbocycles. The highest BCUT2D eigenvalue weighted by Gasteiger charge is 2.26. The molecule has 184 valence electrons. The minimum atomic E-state index is -0.800. The zero-order chi connectivity index (χ0) is 24.2. The molecule has 2 aliphatic rings. The maximum Gasteiger partial charge on any atom is 0.316 e. The molecule has 1 aromatic heterocycles. The molecule has 1 atom stereocenters. The second-order valence-corrected chi connectivity index (χ2v) is 11.3. The fraction of sp³-hybridized carbons (Fsp3) is 0.370. The van der Waals surface area contributed by atoms with Crippen LogP contribution in [-0.4, -0.2) is 46.4 Å². The summed E-state index contributed by atoms with van der Waals surface area (Å²) in [6.45, 7) is 3.19. The van der Waals surface area contributed by atoms with E-state index in [1.165, 1.54) is 4.68 Å². The molecule has 1 aliphatic heterocycles. The van der Waals surface area contributed by atoms with E-state index in [0.717, 1.165) is 79.6 Å². The van der Waals surface area contributed by atoms with Crippen molar-refractivity contribution in [1.29, 1.82) is 0 Å². The highest BCUT2D eigenvalue weighted by molar-refractivity contribution is 8.03. The Kier molecular flexibility index (Phi) is 7.49. The number of halogens is 1. The number of thiol groups is 1. The van der Waals surface area contributed by atoms with Crippen LogP contribution in [0.5, 0.6) is 5.75 Å². The molecule has 3 aromatic rings. The lowest BCUT2D eigenvalue weighted by Crippen LogP contribution is -2.45. The quantitative estimate of drug-likeness (QED) is 0.488. The van der Waals surface area contributed by atoms with Crippen molar-refractivity contribution in [2.75, 3.05) is 31.1 Å². The Balaban J connectivity index is 1.34. The fourth-order valence-corrected chi connectivity index (χ4v) is 6.48. The van der Waals surface area contributed by atoms with Crippen LogP contribution in [0.25, 0.3) is 5.69 Å². The van der Waals surface area contributed by atoms with E-state index in [1.54, 1.807) is 6.20 Å². The lowest BCUT2D eigenvalue weighted by Gasteiger charge is -2.37. The smallest absolute Gasteiger partial charge is 0.316 e. The van der Waals surface area contributed by atoms with E-state index in [1.807, 2.05) is 48.5 Å². The number of benzene rings is 2. The third-order valence-corrected chi connectivity index (χ3v) is 8.75. The van der Waals surface area contributed by atoms with Crippen LogP contribution in [0.15, 0.2) is 65.6 Å². The van der Waals surface area contributed by atoms with E-state index in [0.29, 0.717) is 5.75 Å². The summed E-state index contributed by atoms with van der Waals surface area (Å²) < 4.78 is 10.1. The Bertz CT molecular complexity index is 1290. The van der Waals surface area contributed by atoms with Gasteiger partial charge < -0.3 is 9.64 Å². The topological polar surface area (TPSA) is 50.6 Å². The molecule has 2 fully saturated rings. The number of hydrogen-bond donors (Lipinski definition) is 1. The number of aromatic nitrogens is 2. The predicted octanol–water partition coefficient (Wildman–Crippen LogP) is 5.03. The van der Waals surface area contributed by atoms with Crippen molar-refractivity contribution < 1.29 is 4.74 Å². The first-order valence-electron chi connectivity index (χ1n) is 12.2. The molecule has 2 heterocycles. The van der Waals surface area contributed by atoms with E-state index < -0.39 is 10.5 Å². The van der Waals surface area contributed by atoms with E-state index in [4.69, 9.17) is 22.0 Å². The molecule has 0 radical (unpaired) electrons. The first-order valence-corrected chi connectivity index (χ1v) is 14.1. The van der Waals surface area contributed by atoms with Gasteiger partial charge in [0.05, 0.1) is 18.0 Å². The van der Waals surface area contributed by atoms with Crippen LogP contribution >= 0.6 is 22.1 Å². The van der Waals surface area contributed by atoms with Gasteiger partial charge in [-0.25, -0.2) is 0 Å². The molecule has 8 heteroatoms. The second kappa shape index (κ2) is 10.9. The lowest BCUT2D eigenvalue weighted by atomic mass is 10.2. The third-order valence-electron chi connectivity index (χ3n) is 6.70. The van der Waals surface area contributed by atoms with E-state index >= 15 is 0 Å². The average Bonchev–Trinajstić information content (AvgIpc) is 3.39. The van der Waals surface area contributed by atoms with Crippen molar-refractivity contribution in [1.82, 2.24) is 14.1 Å². The van der Waals surface area contributed by atoms with Gasteiger partial charge in [-0.15, -0.1) is 16.2 Å². The summed E-state index contributed by atoms with van der Waals surface area (Å²) in [7, 11) is -0.800. The van der Waals surface area contributed by atoms with Crippen LogP contribution in [-0.2, 0) is 5.75 Å². The van der Waals surface area contributed by atoms with Crippen LogP contribution in [0.3, 0.4) is 0 Å². The molecule has 1 aliphatic carbocycles. The normalized spacial score (nSPS) is 18.0. The number of hydrogen-bond acceptors (Lipinski definition) is 5. The van der Waals surface area contributed by atoms with Crippen molar-refractivity contribution in [3.8, 4) is 17.1 Å². The fourth-order valence-electron chi connectivity index (χ4n) is 4.81. The molecular weight excluding hydrogens is 480 g/mol.